The van der Waals surface area contributed by atoms with Gasteiger partial charge in [0.25, 0.3) is 0 Å². The second-order valence-electron chi connectivity index (χ2n) is 4.32. The number of hydrogen-bond acceptors (Lipinski definition) is 6. The Bertz CT molecular complexity index is 442. The van der Waals surface area contributed by atoms with Crippen LogP contribution < -0.4 is 15.9 Å². The van der Waals surface area contributed by atoms with E-state index in [0.717, 1.165) is 19.4 Å². The molecule has 1 atom stereocenters. The molecule has 5 N–H and O–H groups in total. The normalized spacial score (nSPS) is 19.3. The Kier molecular flexibility index (Phi) is 3.82. The van der Waals surface area contributed by atoms with Crippen LogP contribution in [0.5, 0.6) is 0 Å². The van der Waals surface area contributed by atoms with Crippen LogP contribution >= 0.6 is 11.6 Å². The molecule has 0 radical (unpaired) electrons. The first-order valence-electron chi connectivity index (χ1n) is 5.69. The van der Waals surface area contributed by atoms with E-state index < -0.39 is 0 Å². The number of aliphatic hydroxyl groups excluding tert-OH is 1. The van der Waals surface area contributed by atoms with Crippen molar-refractivity contribution in [2.24, 2.45) is 0 Å². The summed E-state index contributed by atoms with van der Waals surface area (Å²) in [5.74, 6) is 0. The number of halogens is 1. The highest BCUT2D eigenvalue weighted by atomic mass is 35.5. The van der Waals surface area contributed by atoms with Crippen molar-refractivity contribution < 1.29 is 15.5 Å². The average molecular weight is 274 g/mol. The number of anilines is 3. The molecule has 1 aliphatic rings. The van der Waals surface area contributed by atoms with E-state index >= 15 is 0 Å². The SMILES string of the molecule is Nc1cc(N2CCC[C@@H]2CO)c(Cl)cc1N(O)O. The van der Waals surface area contributed by atoms with Crippen molar-refractivity contribution in [1.82, 2.24) is 0 Å². The van der Waals surface area contributed by atoms with Crippen LogP contribution in [-0.2, 0) is 0 Å². The second-order valence-corrected chi connectivity index (χ2v) is 4.73. The molecule has 0 aliphatic carbocycles. The Hall–Kier alpha value is -1.21. The van der Waals surface area contributed by atoms with Gasteiger partial charge in [-0.15, -0.1) is 5.23 Å². The van der Waals surface area contributed by atoms with Crippen LogP contribution in [0.1, 0.15) is 12.8 Å². The van der Waals surface area contributed by atoms with Crippen molar-refractivity contribution in [2.45, 2.75) is 18.9 Å². The second kappa shape index (κ2) is 5.19. The van der Waals surface area contributed by atoms with Crippen LogP contribution in [0.3, 0.4) is 0 Å². The van der Waals surface area contributed by atoms with Crippen molar-refractivity contribution in [1.29, 1.82) is 0 Å². The predicted octanol–water partition coefficient (Wildman–Crippen LogP) is 1.47. The third kappa shape index (κ3) is 2.32. The van der Waals surface area contributed by atoms with E-state index in [9.17, 15) is 5.11 Å². The lowest BCUT2D eigenvalue weighted by Crippen LogP contribution is -2.32. The summed E-state index contributed by atoms with van der Waals surface area (Å²) in [5.41, 5.74) is 6.68. The molecule has 7 heteroatoms. The quantitative estimate of drug-likeness (QED) is 0.492. The van der Waals surface area contributed by atoms with E-state index in [2.05, 4.69) is 0 Å². The minimum absolute atomic E-state index is 0.0310. The molecule has 2 rings (SSSR count). The highest BCUT2D eigenvalue weighted by molar-refractivity contribution is 6.33. The maximum absolute atomic E-state index is 9.30. The van der Waals surface area contributed by atoms with E-state index in [4.69, 9.17) is 27.7 Å². The van der Waals surface area contributed by atoms with Crippen molar-refractivity contribution in [3.8, 4) is 0 Å². The van der Waals surface area contributed by atoms with Crippen LogP contribution in [0.2, 0.25) is 5.02 Å². The molecule has 6 nitrogen and oxygen atoms in total. The smallest absolute Gasteiger partial charge is 0.119 e. The molecule has 0 saturated carbocycles. The highest BCUT2D eigenvalue weighted by Gasteiger charge is 2.26. The summed E-state index contributed by atoms with van der Waals surface area (Å²) in [4.78, 5) is 1.99. The Morgan fingerprint density at radius 3 is 2.78 bits per heavy atom. The maximum Gasteiger partial charge on any atom is 0.119 e. The Morgan fingerprint density at radius 1 is 1.44 bits per heavy atom. The van der Waals surface area contributed by atoms with E-state index in [0.29, 0.717) is 10.7 Å². The van der Waals surface area contributed by atoms with Gasteiger partial charge in [0, 0.05) is 6.54 Å². The standard InChI is InChI=1S/C11H16ClN3O3/c12-8-4-11(15(17)18)9(13)5-10(8)14-3-1-2-7(14)6-16/h4-5,7,16-18H,1-3,6,13H2/t7-/m1/s1. The summed E-state index contributed by atoms with van der Waals surface area (Å²) >= 11 is 6.12. The number of nitrogens with zero attached hydrogens (tertiary/aromatic N) is 2. The zero-order valence-corrected chi connectivity index (χ0v) is 10.5. The van der Waals surface area contributed by atoms with Crippen molar-refractivity contribution in [3.63, 3.8) is 0 Å². The topological polar surface area (TPSA) is 93.2 Å². The highest BCUT2D eigenvalue weighted by Crippen LogP contribution is 2.37. The molecular formula is C11H16ClN3O3. The largest absolute Gasteiger partial charge is 0.397 e. The molecule has 1 aromatic carbocycles. The number of hydrogen-bond donors (Lipinski definition) is 4. The van der Waals surface area contributed by atoms with Crippen LogP contribution in [0, 0.1) is 0 Å². The van der Waals surface area contributed by atoms with E-state index in [-0.39, 0.29) is 29.3 Å². The van der Waals surface area contributed by atoms with Gasteiger partial charge in [0.1, 0.15) is 5.69 Å². The third-order valence-corrected chi connectivity index (χ3v) is 3.51. The Balaban J connectivity index is 2.37. The number of benzene rings is 1. The third-order valence-electron chi connectivity index (χ3n) is 3.21. The Morgan fingerprint density at radius 2 is 2.17 bits per heavy atom. The molecule has 1 fully saturated rings. The summed E-state index contributed by atoms with van der Waals surface area (Å²) in [7, 11) is 0. The lowest BCUT2D eigenvalue weighted by molar-refractivity contribution is 0.0296. The molecule has 0 amide bonds. The van der Waals surface area contributed by atoms with Crippen LogP contribution in [0.4, 0.5) is 17.1 Å². The van der Waals surface area contributed by atoms with Gasteiger partial charge in [0.05, 0.1) is 29.0 Å². The molecule has 1 saturated heterocycles. The predicted molar refractivity (Wildman–Crippen MR) is 69.4 cm³/mol. The number of rotatable bonds is 3. The van der Waals surface area contributed by atoms with Gasteiger partial charge >= 0.3 is 0 Å². The monoisotopic (exact) mass is 273 g/mol. The van der Waals surface area contributed by atoms with Gasteiger partial charge in [-0.25, -0.2) is 0 Å². The molecular weight excluding hydrogens is 258 g/mol. The van der Waals surface area contributed by atoms with E-state index in [1.807, 2.05) is 4.90 Å². The van der Waals surface area contributed by atoms with Gasteiger partial charge in [0.2, 0.25) is 0 Å². The average Bonchev–Trinajstić information content (AvgIpc) is 2.79. The molecule has 1 heterocycles. The molecule has 1 aromatic rings. The molecule has 0 spiro atoms. The van der Waals surface area contributed by atoms with Gasteiger partial charge in [0.15, 0.2) is 0 Å². The molecule has 0 unspecified atom stereocenters. The van der Waals surface area contributed by atoms with Crippen molar-refractivity contribution in [2.75, 3.05) is 29.0 Å². The molecule has 18 heavy (non-hydrogen) atoms. The molecule has 0 bridgehead atoms. The minimum atomic E-state index is -0.0570. The lowest BCUT2D eigenvalue weighted by Gasteiger charge is -2.27. The summed E-state index contributed by atoms with van der Waals surface area (Å²) in [5, 5.41) is 27.6. The zero-order chi connectivity index (χ0) is 13.3. The van der Waals surface area contributed by atoms with Gasteiger partial charge < -0.3 is 15.7 Å². The first-order chi connectivity index (χ1) is 8.54. The van der Waals surface area contributed by atoms with Gasteiger partial charge in [-0.3, -0.25) is 10.4 Å². The number of aliphatic hydroxyl groups is 1. The van der Waals surface area contributed by atoms with Gasteiger partial charge in [-0.2, -0.15) is 0 Å². The van der Waals surface area contributed by atoms with Crippen molar-refractivity contribution in [3.05, 3.63) is 17.2 Å². The van der Waals surface area contributed by atoms with Crippen LogP contribution in [-0.4, -0.2) is 34.7 Å². The fraction of sp³-hybridized carbons (Fsp3) is 0.455. The first-order valence-corrected chi connectivity index (χ1v) is 6.06. The van der Waals surface area contributed by atoms with Gasteiger partial charge in [-0.05, 0) is 25.0 Å². The maximum atomic E-state index is 9.30. The summed E-state index contributed by atoms with van der Waals surface area (Å²) in [6.45, 7) is 0.857. The van der Waals surface area contributed by atoms with E-state index in [1.165, 1.54) is 6.07 Å². The lowest BCUT2D eigenvalue weighted by atomic mass is 10.2. The summed E-state index contributed by atoms with van der Waals surface area (Å²) in [6.07, 6.45) is 1.88. The molecule has 1 aliphatic heterocycles. The van der Waals surface area contributed by atoms with E-state index in [1.54, 1.807) is 6.07 Å². The Labute approximate surface area is 110 Å². The fourth-order valence-electron chi connectivity index (χ4n) is 2.30. The molecule has 100 valence electrons. The van der Waals surface area contributed by atoms with Crippen molar-refractivity contribution >= 4 is 28.7 Å². The number of nitrogens with two attached hydrogens (primary N) is 1. The summed E-state index contributed by atoms with van der Waals surface area (Å²) in [6, 6.07) is 3.01. The minimum Gasteiger partial charge on any atom is -0.397 e. The zero-order valence-electron chi connectivity index (χ0n) is 9.75. The first kappa shape index (κ1) is 13.2. The summed E-state index contributed by atoms with van der Waals surface area (Å²) < 4.78 is 0. The number of nitrogen functional groups attached to an aromatic ring is 1. The van der Waals surface area contributed by atoms with Crippen LogP contribution in [0.25, 0.3) is 0 Å². The van der Waals surface area contributed by atoms with Crippen LogP contribution in [0.15, 0.2) is 12.1 Å². The fourth-order valence-corrected chi connectivity index (χ4v) is 2.57. The van der Waals surface area contributed by atoms with Gasteiger partial charge in [-0.1, -0.05) is 11.6 Å². The molecule has 0 aromatic heterocycles.